The molecule has 33 heavy (non-hydrogen) atoms. The molecule has 1 aliphatic heterocycles. The zero-order chi connectivity index (χ0) is 23.4. The molecule has 1 aliphatic rings. The molecule has 1 aromatic carbocycles. The number of halogens is 1. The lowest BCUT2D eigenvalue weighted by atomic mass is 9.95. The fourth-order valence-corrected chi connectivity index (χ4v) is 4.10. The van der Waals surface area contributed by atoms with Crippen LogP contribution in [-0.4, -0.2) is 72.2 Å². The molecule has 170 valence electrons. The molecule has 7 heteroatoms. The van der Waals surface area contributed by atoms with Crippen molar-refractivity contribution in [3.63, 3.8) is 0 Å². The monoisotopic (exact) mass is 446 g/mol. The molecule has 6 nitrogen and oxygen atoms in total. The van der Waals surface area contributed by atoms with Gasteiger partial charge in [-0.15, -0.1) is 0 Å². The summed E-state index contributed by atoms with van der Waals surface area (Å²) in [5.41, 5.74) is 4.14. The number of nitrogens with zero attached hydrogens (tertiary/aromatic N) is 4. The number of aromatic nitrogens is 2. The Morgan fingerprint density at radius 2 is 1.64 bits per heavy atom. The highest BCUT2D eigenvalue weighted by molar-refractivity contribution is 6.03. The van der Waals surface area contributed by atoms with Crippen LogP contribution in [0.4, 0.5) is 4.39 Å². The van der Waals surface area contributed by atoms with Crippen molar-refractivity contribution in [1.29, 1.82) is 0 Å². The Morgan fingerprint density at radius 3 is 2.27 bits per heavy atom. The summed E-state index contributed by atoms with van der Waals surface area (Å²) in [7, 11) is 5.29. The van der Waals surface area contributed by atoms with Crippen LogP contribution in [0.3, 0.4) is 0 Å². The lowest BCUT2D eigenvalue weighted by molar-refractivity contribution is 0.0591. The van der Waals surface area contributed by atoms with Crippen LogP contribution in [-0.2, 0) is 11.8 Å². The fraction of sp³-hybridized carbons (Fsp3) is 0.308. The molecule has 0 spiro atoms. The lowest BCUT2D eigenvalue weighted by Gasteiger charge is -2.30. The van der Waals surface area contributed by atoms with E-state index >= 15 is 0 Å². The van der Waals surface area contributed by atoms with E-state index in [4.69, 9.17) is 4.74 Å². The highest BCUT2D eigenvalue weighted by atomic mass is 19.1. The van der Waals surface area contributed by atoms with Gasteiger partial charge in [-0.1, -0.05) is 18.1 Å². The molecule has 0 bridgehead atoms. The fourth-order valence-electron chi connectivity index (χ4n) is 4.10. The summed E-state index contributed by atoms with van der Waals surface area (Å²) in [6, 6.07) is 9.88. The molecule has 3 aromatic rings. The summed E-state index contributed by atoms with van der Waals surface area (Å²) in [6.07, 6.45) is 3.41. The SMILES string of the molecule is COC(=O)c1c(-c2ccc(F)cc2)c(-c2ccncc2)c(C#CCN2CCN(C)CC2)n1C. The van der Waals surface area contributed by atoms with Crippen LogP contribution in [0.25, 0.3) is 22.3 Å². The molecule has 0 unspecified atom stereocenters. The molecular weight excluding hydrogens is 419 g/mol. The third kappa shape index (κ3) is 4.82. The minimum atomic E-state index is -0.473. The number of carbonyl (C=O) groups is 1. The molecule has 0 atom stereocenters. The molecule has 0 amide bonds. The molecular formula is C26H27FN4O2. The number of hydrogen-bond acceptors (Lipinski definition) is 5. The molecule has 0 radical (unpaired) electrons. The Labute approximate surface area is 193 Å². The Bertz CT molecular complexity index is 1190. The third-order valence-electron chi connectivity index (χ3n) is 5.98. The van der Waals surface area contributed by atoms with E-state index in [0.717, 1.165) is 37.3 Å². The van der Waals surface area contributed by atoms with Crippen LogP contribution in [0.5, 0.6) is 0 Å². The second-order valence-corrected chi connectivity index (χ2v) is 8.12. The summed E-state index contributed by atoms with van der Waals surface area (Å²) in [5.74, 6) is 5.81. The van der Waals surface area contributed by atoms with Gasteiger partial charge in [0.2, 0.25) is 0 Å². The molecule has 0 aliphatic carbocycles. The summed E-state index contributed by atoms with van der Waals surface area (Å²) in [4.78, 5) is 21.6. The van der Waals surface area contributed by atoms with Crippen LogP contribution in [0.2, 0.25) is 0 Å². The van der Waals surface area contributed by atoms with E-state index in [1.807, 2.05) is 19.2 Å². The highest BCUT2D eigenvalue weighted by Crippen LogP contribution is 2.39. The molecule has 0 N–H and O–H groups in total. The van der Waals surface area contributed by atoms with Gasteiger partial charge < -0.3 is 14.2 Å². The Hall–Kier alpha value is -3.47. The summed E-state index contributed by atoms with van der Waals surface area (Å²) >= 11 is 0. The number of esters is 1. The van der Waals surface area contributed by atoms with Crippen LogP contribution >= 0.6 is 0 Å². The van der Waals surface area contributed by atoms with E-state index in [9.17, 15) is 9.18 Å². The van der Waals surface area contributed by atoms with Crippen molar-refractivity contribution in [2.24, 2.45) is 7.05 Å². The standard InChI is InChI=1S/C26H27FN4O2/c1-29-15-17-31(18-16-29)14-4-5-22-23(20-10-12-28-13-11-20)24(19-6-8-21(27)9-7-19)25(30(22)2)26(32)33-3/h6-13H,14-18H2,1-3H3. The van der Waals surface area contributed by atoms with Crippen molar-refractivity contribution in [2.45, 2.75) is 0 Å². The summed E-state index contributed by atoms with van der Waals surface area (Å²) in [6.45, 7) is 4.65. The van der Waals surface area contributed by atoms with Gasteiger partial charge in [-0.25, -0.2) is 9.18 Å². The first-order chi connectivity index (χ1) is 16.0. The Kier molecular flexibility index (Phi) is 6.87. The van der Waals surface area contributed by atoms with Crippen molar-refractivity contribution in [3.05, 3.63) is 66.0 Å². The second-order valence-electron chi connectivity index (χ2n) is 8.12. The van der Waals surface area contributed by atoms with Gasteiger partial charge in [0, 0.05) is 56.7 Å². The van der Waals surface area contributed by atoms with Gasteiger partial charge in [0.15, 0.2) is 0 Å². The van der Waals surface area contributed by atoms with E-state index < -0.39 is 5.97 Å². The van der Waals surface area contributed by atoms with Crippen LogP contribution < -0.4 is 0 Å². The van der Waals surface area contributed by atoms with Crippen molar-refractivity contribution in [3.8, 4) is 34.1 Å². The first-order valence-corrected chi connectivity index (χ1v) is 10.9. The van der Waals surface area contributed by atoms with Crippen molar-refractivity contribution in [1.82, 2.24) is 19.4 Å². The molecule has 1 saturated heterocycles. The van der Waals surface area contributed by atoms with Gasteiger partial charge in [0.05, 0.1) is 13.7 Å². The van der Waals surface area contributed by atoms with Gasteiger partial charge >= 0.3 is 5.97 Å². The Morgan fingerprint density at radius 1 is 1.00 bits per heavy atom. The Balaban J connectivity index is 1.86. The number of ether oxygens (including phenoxy) is 1. The minimum Gasteiger partial charge on any atom is -0.464 e. The lowest BCUT2D eigenvalue weighted by Crippen LogP contribution is -2.44. The quantitative estimate of drug-likeness (QED) is 0.455. The van der Waals surface area contributed by atoms with Crippen LogP contribution in [0, 0.1) is 17.7 Å². The smallest absolute Gasteiger partial charge is 0.355 e. The molecule has 4 rings (SSSR count). The van der Waals surface area contributed by atoms with Crippen molar-refractivity contribution >= 4 is 5.97 Å². The number of hydrogen-bond donors (Lipinski definition) is 0. The van der Waals surface area contributed by atoms with Gasteiger partial charge in [-0.2, -0.15) is 0 Å². The largest absolute Gasteiger partial charge is 0.464 e. The van der Waals surface area contributed by atoms with Crippen molar-refractivity contribution < 1.29 is 13.9 Å². The third-order valence-corrected chi connectivity index (χ3v) is 5.98. The zero-order valence-corrected chi connectivity index (χ0v) is 19.1. The maximum absolute atomic E-state index is 13.7. The van der Waals surface area contributed by atoms with E-state index in [1.165, 1.54) is 19.2 Å². The van der Waals surface area contributed by atoms with E-state index in [1.54, 1.807) is 29.1 Å². The van der Waals surface area contributed by atoms with Gasteiger partial charge in [-0.3, -0.25) is 9.88 Å². The van der Waals surface area contributed by atoms with Crippen molar-refractivity contribution in [2.75, 3.05) is 46.9 Å². The number of piperazine rings is 1. The normalized spacial score (nSPS) is 14.5. The average molecular weight is 447 g/mol. The first kappa shape index (κ1) is 22.7. The van der Waals surface area contributed by atoms with Gasteiger partial charge in [0.1, 0.15) is 17.2 Å². The van der Waals surface area contributed by atoms with Crippen LogP contribution in [0.1, 0.15) is 16.2 Å². The predicted molar refractivity (Wildman–Crippen MR) is 126 cm³/mol. The first-order valence-electron chi connectivity index (χ1n) is 10.9. The van der Waals surface area contributed by atoms with Gasteiger partial charge in [-0.05, 0) is 48.4 Å². The zero-order valence-electron chi connectivity index (χ0n) is 19.1. The number of benzene rings is 1. The highest BCUT2D eigenvalue weighted by Gasteiger charge is 2.27. The topological polar surface area (TPSA) is 50.6 Å². The molecule has 2 aromatic heterocycles. The van der Waals surface area contributed by atoms with E-state index in [0.29, 0.717) is 29.1 Å². The van der Waals surface area contributed by atoms with E-state index in [-0.39, 0.29) is 5.82 Å². The second kappa shape index (κ2) is 9.99. The summed E-state index contributed by atoms with van der Waals surface area (Å²) in [5, 5.41) is 0. The maximum atomic E-state index is 13.7. The number of rotatable bonds is 4. The number of pyridine rings is 1. The predicted octanol–water partition coefficient (Wildman–Crippen LogP) is 3.28. The number of carbonyl (C=O) groups excluding carboxylic acids is 1. The summed E-state index contributed by atoms with van der Waals surface area (Å²) < 4.78 is 20.6. The minimum absolute atomic E-state index is 0.341. The molecule has 3 heterocycles. The maximum Gasteiger partial charge on any atom is 0.355 e. The van der Waals surface area contributed by atoms with E-state index in [2.05, 4.69) is 33.7 Å². The molecule has 1 fully saturated rings. The van der Waals surface area contributed by atoms with Crippen LogP contribution in [0.15, 0.2) is 48.8 Å². The number of likely N-dealkylation sites (N-methyl/N-ethyl adjacent to an activating group) is 1. The number of methoxy groups -OCH3 is 1. The van der Waals surface area contributed by atoms with Gasteiger partial charge in [0.25, 0.3) is 0 Å². The molecule has 0 saturated carbocycles. The average Bonchev–Trinajstić information content (AvgIpc) is 3.13.